The number of nitrogens with zero attached hydrogens (tertiary/aromatic N) is 7. The summed E-state index contributed by atoms with van der Waals surface area (Å²) >= 11 is 0. The van der Waals surface area contributed by atoms with E-state index in [0.717, 1.165) is 0 Å². The highest BCUT2D eigenvalue weighted by atomic mass is 16.6. The first-order valence-corrected chi connectivity index (χ1v) is 5.25. The van der Waals surface area contributed by atoms with Gasteiger partial charge in [-0.05, 0) is 20.6 Å². The molecule has 0 unspecified atom stereocenters. The molecule has 0 fully saturated rings. The average Bonchev–Trinajstić information content (AvgIpc) is 3.18. The van der Waals surface area contributed by atoms with Crippen molar-refractivity contribution in [1.82, 2.24) is 20.6 Å². The Bertz CT molecular complexity index is 660. The van der Waals surface area contributed by atoms with E-state index in [1.165, 1.54) is 6.92 Å². The highest BCUT2D eigenvalue weighted by Gasteiger charge is 2.09. The Morgan fingerprint density at radius 3 is 1.78 bits per heavy atom. The van der Waals surface area contributed by atoms with E-state index in [-0.39, 0.29) is 28.9 Å². The third-order valence-electron chi connectivity index (χ3n) is 1.52. The highest BCUT2D eigenvalue weighted by Crippen LogP contribution is 2.01. The van der Waals surface area contributed by atoms with E-state index in [1.54, 1.807) is 12.1 Å². The van der Waals surface area contributed by atoms with Crippen LogP contribution >= 0.6 is 0 Å². The summed E-state index contributed by atoms with van der Waals surface area (Å²) in [5.41, 5.74) is 15.7. The second-order valence-corrected chi connectivity index (χ2v) is 2.85. The summed E-state index contributed by atoms with van der Waals surface area (Å²) < 4.78 is 8.32. The second-order valence-electron chi connectivity index (χ2n) is 2.85. The second kappa shape index (κ2) is 13.1. The third kappa shape index (κ3) is 8.04. The van der Waals surface area contributed by atoms with Gasteiger partial charge >= 0.3 is 0 Å². The number of rotatable bonds is 1. The molecule has 23 heavy (non-hydrogen) atoms. The lowest BCUT2D eigenvalue weighted by Crippen LogP contribution is -2.17. The molecule has 0 aliphatic rings. The van der Waals surface area contributed by atoms with Crippen molar-refractivity contribution in [3.8, 4) is 12.1 Å². The van der Waals surface area contributed by atoms with Crippen molar-refractivity contribution in [1.29, 1.82) is 10.5 Å². The molecule has 0 saturated carbocycles. The van der Waals surface area contributed by atoms with Crippen LogP contribution in [0.2, 0.25) is 0 Å². The molecule has 0 aromatic carbocycles. The molecule has 12 N–H and O–H groups in total. The summed E-state index contributed by atoms with van der Waals surface area (Å²) in [6, 6.07) is 3.43. The molecule has 15 nitrogen and oxygen atoms in total. The van der Waals surface area contributed by atoms with Crippen LogP contribution in [0.3, 0.4) is 0 Å². The number of aromatic nitrogens is 4. The van der Waals surface area contributed by atoms with Gasteiger partial charge in [0.15, 0.2) is 17.3 Å². The Labute approximate surface area is 129 Å². The number of hydrogen-bond donors (Lipinski definition) is 6. The minimum atomic E-state index is -0.00116. The van der Waals surface area contributed by atoms with Gasteiger partial charge in [0, 0.05) is 6.92 Å². The van der Waals surface area contributed by atoms with Gasteiger partial charge in [-0.1, -0.05) is 0 Å². The number of hydrogen-bond acceptors (Lipinski definition) is 14. The fourth-order valence-electron chi connectivity index (χ4n) is 0.707. The van der Waals surface area contributed by atoms with Crippen LogP contribution in [0.15, 0.2) is 14.4 Å². The van der Waals surface area contributed by atoms with Crippen LogP contribution in [0.25, 0.3) is 0 Å². The molecule has 2 aromatic heterocycles. The Morgan fingerprint density at radius 1 is 1.04 bits per heavy atom. The fourth-order valence-corrected chi connectivity index (χ4v) is 0.707. The predicted molar refractivity (Wildman–Crippen MR) is 76.7 cm³/mol. The third-order valence-corrected chi connectivity index (χ3v) is 1.52. The SMILES string of the molecule is CC#N.N#Cc1nonc1N.N/N=C(\N)c1nonc1N.NN. The molecule has 124 valence electrons. The number of hydrazone groups is 1. The summed E-state index contributed by atoms with van der Waals surface area (Å²) in [4.78, 5) is 0. The number of nitrogen functional groups attached to an aromatic ring is 2. The summed E-state index contributed by atoms with van der Waals surface area (Å²) in [5, 5.41) is 31.5. The largest absolute Gasteiger partial charge is 0.380 e. The van der Waals surface area contributed by atoms with E-state index in [9.17, 15) is 0 Å². The smallest absolute Gasteiger partial charge is 0.228 e. The van der Waals surface area contributed by atoms with Gasteiger partial charge in [-0.3, -0.25) is 11.7 Å². The first-order valence-electron chi connectivity index (χ1n) is 5.25. The van der Waals surface area contributed by atoms with E-state index in [0.29, 0.717) is 0 Å². The lowest BCUT2D eigenvalue weighted by Gasteiger charge is -1.88. The van der Waals surface area contributed by atoms with Gasteiger partial charge in [-0.15, -0.1) is 0 Å². The molecule has 2 aromatic rings. The number of anilines is 2. The fraction of sp³-hybridized carbons (Fsp3) is 0.125. The van der Waals surface area contributed by atoms with Crippen molar-refractivity contribution in [2.24, 2.45) is 28.4 Å². The molecular weight excluding hydrogens is 310 g/mol. The predicted octanol–water partition coefficient (Wildman–Crippen LogP) is -2.90. The molecule has 0 amide bonds. The van der Waals surface area contributed by atoms with Crippen LogP contribution in [0.5, 0.6) is 0 Å². The van der Waals surface area contributed by atoms with E-state index >= 15 is 0 Å². The summed E-state index contributed by atoms with van der Waals surface area (Å²) in [6.45, 7) is 1.43. The standard InChI is InChI=1S/C3H6N6O.C3H2N4O.C2H3N.H4N2/c4-2(7-6)1-3(5)9-10-8-1;4-1-2-3(5)7-8-6-2;1-2-3;1-2/h6H2,(H2,4,7)(H2,5,9);(H2,5,7);1H3;1-2H2. The molecular formula is C8H15N13O2. The zero-order chi connectivity index (χ0) is 18.3. The first kappa shape index (κ1) is 21.4. The molecule has 0 aliphatic heterocycles. The zero-order valence-electron chi connectivity index (χ0n) is 11.9. The number of hydrazine groups is 1. The molecule has 0 spiro atoms. The molecule has 2 heterocycles. The van der Waals surface area contributed by atoms with Crippen LogP contribution in [-0.4, -0.2) is 26.5 Å². The Morgan fingerprint density at radius 2 is 1.52 bits per heavy atom. The number of nitriles is 2. The molecule has 0 bridgehead atoms. The van der Waals surface area contributed by atoms with Gasteiger partial charge in [0.2, 0.25) is 11.5 Å². The number of amidine groups is 1. The molecule has 0 radical (unpaired) electrons. The van der Waals surface area contributed by atoms with Crippen LogP contribution in [0.1, 0.15) is 18.3 Å². The van der Waals surface area contributed by atoms with Crippen molar-refractivity contribution in [3.05, 3.63) is 11.4 Å². The van der Waals surface area contributed by atoms with Gasteiger partial charge in [0.1, 0.15) is 6.07 Å². The van der Waals surface area contributed by atoms with E-state index in [4.69, 9.17) is 33.6 Å². The first-order chi connectivity index (χ1) is 11.0. The normalized spacial score (nSPS) is 8.65. The van der Waals surface area contributed by atoms with Crippen molar-refractivity contribution in [2.45, 2.75) is 6.92 Å². The minimum absolute atomic E-state index is 0.00116. The van der Waals surface area contributed by atoms with Crippen molar-refractivity contribution in [3.63, 3.8) is 0 Å². The molecule has 0 saturated heterocycles. The number of nitrogens with two attached hydrogens (primary N) is 6. The Balaban J connectivity index is 0. The average molecular weight is 325 g/mol. The van der Waals surface area contributed by atoms with Crippen LogP contribution in [0.4, 0.5) is 11.6 Å². The highest BCUT2D eigenvalue weighted by molar-refractivity contribution is 5.98. The molecule has 0 atom stereocenters. The van der Waals surface area contributed by atoms with E-state index < -0.39 is 0 Å². The van der Waals surface area contributed by atoms with Gasteiger partial charge in [-0.2, -0.15) is 15.6 Å². The summed E-state index contributed by atoms with van der Waals surface area (Å²) in [5.74, 6) is 12.9. The summed E-state index contributed by atoms with van der Waals surface area (Å²) in [6.07, 6.45) is 0. The zero-order valence-corrected chi connectivity index (χ0v) is 11.9. The lowest BCUT2D eigenvalue weighted by molar-refractivity contribution is 0.307. The van der Waals surface area contributed by atoms with Crippen LogP contribution < -0.4 is 34.7 Å². The quantitative estimate of drug-likeness (QED) is 0.132. The molecule has 0 aliphatic carbocycles. The minimum Gasteiger partial charge on any atom is -0.380 e. The van der Waals surface area contributed by atoms with Crippen molar-refractivity contribution in [2.75, 3.05) is 11.5 Å². The van der Waals surface area contributed by atoms with E-state index in [1.807, 2.05) is 0 Å². The monoisotopic (exact) mass is 325 g/mol. The van der Waals surface area contributed by atoms with Crippen molar-refractivity contribution >= 4 is 17.5 Å². The lowest BCUT2D eigenvalue weighted by atomic mass is 10.4. The summed E-state index contributed by atoms with van der Waals surface area (Å²) in [7, 11) is 0. The Hall–Kier alpha value is -3.95. The van der Waals surface area contributed by atoms with E-state index in [2.05, 4.69) is 46.7 Å². The van der Waals surface area contributed by atoms with Crippen LogP contribution in [0, 0.1) is 22.7 Å². The van der Waals surface area contributed by atoms with Gasteiger partial charge < -0.3 is 23.0 Å². The van der Waals surface area contributed by atoms with Gasteiger partial charge in [0.05, 0.1) is 6.07 Å². The van der Waals surface area contributed by atoms with Gasteiger partial charge in [-0.25, -0.2) is 9.26 Å². The molecule has 15 heteroatoms. The topological polar surface area (TPSA) is 294 Å². The van der Waals surface area contributed by atoms with Crippen molar-refractivity contribution < 1.29 is 9.26 Å². The Kier molecular flexibility index (Phi) is 12.1. The van der Waals surface area contributed by atoms with Gasteiger partial charge in [0.25, 0.3) is 0 Å². The maximum atomic E-state index is 8.11. The maximum Gasteiger partial charge on any atom is 0.228 e. The molecule has 2 rings (SSSR count). The van der Waals surface area contributed by atoms with Crippen LogP contribution in [-0.2, 0) is 0 Å². The maximum absolute atomic E-state index is 8.11.